The largest absolute Gasteiger partial charge is 0.493 e. The fourth-order valence-electron chi connectivity index (χ4n) is 2.17. The predicted octanol–water partition coefficient (Wildman–Crippen LogP) is 2.07. The molecule has 1 aliphatic rings. The molecule has 20 heavy (non-hydrogen) atoms. The van der Waals surface area contributed by atoms with E-state index in [1.165, 1.54) is 5.56 Å². The molecule has 3 N–H and O–H groups in total. The molecule has 0 aliphatic heterocycles. The molecule has 1 saturated carbocycles. The van der Waals surface area contributed by atoms with Crippen LogP contribution in [0.2, 0.25) is 0 Å². The molecule has 4 heteroatoms. The Bertz CT molecular complexity index is 497. The molecular weight excluding hydrogens is 252 g/mol. The van der Waals surface area contributed by atoms with Crippen molar-refractivity contribution in [3.05, 3.63) is 29.3 Å². The van der Waals surface area contributed by atoms with Crippen molar-refractivity contribution in [2.24, 2.45) is 5.73 Å². The second kappa shape index (κ2) is 5.83. The summed E-state index contributed by atoms with van der Waals surface area (Å²) in [5.41, 5.74) is 7.11. The van der Waals surface area contributed by atoms with Crippen LogP contribution in [0.25, 0.3) is 0 Å². The smallest absolute Gasteiger partial charge is 0.237 e. The van der Waals surface area contributed by atoms with Crippen molar-refractivity contribution in [1.82, 2.24) is 5.32 Å². The molecule has 1 fully saturated rings. The highest BCUT2D eigenvalue weighted by Gasteiger charge is 2.36. The van der Waals surface area contributed by atoms with Gasteiger partial charge < -0.3 is 15.8 Å². The number of ether oxygens (including phenoxy) is 1. The number of benzene rings is 1. The molecule has 2 rings (SSSR count). The first-order chi connectivity index (χ1) is 9.40. The van der Waals surface area contributed by atoms with E-state index in [-0.39, 0.29) is 5.91 Å². The van der Waals surface area contributed by atoms with E-state index < -0.39 is 5.54 Å². The lowest BCUT2D eigenvalue weighted by molar-refractivity contribution is -0.124. The minimum Gasteiger partial charge on any atom is -0.493 e. The molecule has 1 unspecified atom stereocenters. The Hall–Kier alpha value is -1.55. The monoisotopic (exact) mass is 276 g/mol. The summed E-state index contributed by atoms with van der Waals surface area (Å²) in [5.74, 6) is 0.567. The lowest BCUT2D eigenvalue weighted by Crippen LogP contribution is -2.54. The first kappa shape index (κ1) is 14.9. The Kier molecular flexibility index (Phi) is 4.33. The van der Waals surface area contributed by atoms with E-state index in [0.29, 0.717) is 19.1 Å². The van der Waals surface area contributed by atoms with Gasteiger partial charge in [-0.05, 0) is 50.8 Å². The normalized spacial score (nSPS) is 17.6. The van der Waals surface area contributed by atoms with E-state index in [1.54, 1.807) is 0 Å². The molecule has 0 saturated heterocycles. The third kappa shape index (κ3) is 3.73. The highest BCUT2D eigenvalue weighted by molar-refractivity contribution is 5.84. The van der Waals surface area contributed by atoms with Crippen molar-refractivity contribution in [2.75, 3.05) is 6.61 Å². The van der Waals surface area contributed by atoms with E-state index in [4.69, 9.17) is 10.5 Å². The SMILES string of the molecule is Cc1ccc(C)c(OCCC(C)(NC2CC2)C(N)=O)c1. The Labute approximate surface area is 120 Å². The number of carbonyl (C=O) groups excluding carboxylic acids is 1. The van der Waals surface area contributed by atoms with E-state index in [2.05, 4.69) is 11.4 Å². The van der Waals surface area contributed by atoms with Crippen LogP contribution in [0.3, 0.4) is 0 Å². The van der Waals surface area contributed by atoms with Crippen molar-refractivity contribution in [2.45, 2.75) is 51.6 Å². The van der Waals surface area contributed by atoms with Gasteiger partial charge in [0.15, 0.2) is 0 Å². The predicted molar refractivity (Wildman–Crippen MR) is 79.8 cm³/mol. The van der Waals surface area contributed by atoms with Gasteiger partial charge in [0, 0.05) is 12.5 Å². The molecule has 0 aromatic heterocycles. The van der Waals surface area contributed by atoms with E-state index in [0.717, 1.165) is 24.2 Å². The summed E-state index contributed by atoms with van der Waals surface area (Å²) in [7, 11) is 0. The summed E-state index contributed by atoms with van der Waals surface area (Å²) in [4.78, 5) is 11.7. The summed E-state index contributed by atoms with van der Waals surface area (Å²) < 4.78 is 5.82. The second-order valence-electron chi connectivity index (χ2n) is 5.98. The Balaban J connectivity index is 1.92. The summed E-state index contributed by atoms with van der Waals surface area (Å²) in [6.45, 7) is 6.39. The lowest BCUT2D eigenvalue weighted by atomic mass is 9.97. The van der Waals surface area contributed by atoms with Gasteiger partial charge in [-0.2, -0.15) is 0 Å². The van der Waals surface area contributed by atoms with Crippen LogP contribution in [0, 0.1) is 13.8 Å². The van der Waals surface area contributed by atoms with Crippen LogP contribution in [0.1, 0.15) is 37.3 Å². The Morgan fingerprint density at radius 2 is 2.15 bits per heavy atom. The molecule has 1 aromatic rings. The lowest BCUT2D eigenvalue weighted by Gasteiger charge is -2.27. The molecule has 0 heterocycles. The van der Waals surface area contributed by atoms with Gasteiger partial charge in [0.2, 0.25) is 5.91 Å². The number of amides is 1. The molecule has 0 bridgehead atoms. The van der Waals surface area contributed by atoms with E-state index >= 15 is 0 Å². The van der Waals surface area contributed by atoms with Crippen molar-refractivity contribution in [1.29, 1.82) is 0 Å². The molecule has 0 radical (unpaired) electrons. The summed E-state index contributed by atoms with van der Waals surface area (Å²) in [5, 5.41) is 3.32. The standard InChI is InChI=1S/C16H24N2O2/c1-11-4-5-12(2)14(10-11)20-9-8-16(3,15(17)19)18-13-6-7-13/h4-5,10,13,18H,6-9H2,1-3H3,(H2,17,19). The van der Waals surface area contributed by atoms with Gasteiger partial charge >= 0.3 is 0 Å². The van der Waals surface area contributed by atoms with Crippen LogP contribution < -0.4 is 15.8 Å². The summed E-state index contributed by atoms with van der Waals surface area (Å²) in [6.07, 6.45) is 2.83. The average Bonchev–Trinajstić information content (AvgIpc) is 3.17. The van der Waals surface area contributed by atoms with Crippen molar-refractivity contribution >= 4 is 5.91 Å². The van der Waals surface area contributed by atoms with E-state index in [9.17, 15) is 4.79 Å². The molecule has 110 valence electrons. The average molecular weight is 276 g/mol. The zero-order chi connectivity index (χ0) is 14.8. The Morgan fingerprint density at radius 1 is 1.45 bits per heavy atom. The summed E-state index contributed by atoms with van der Waals surface area (Å²) in [6, 6.07) is 6.56. The molecular formula is C16H24N2O2. The van der Waals surface area contributed by atoms with Crippen molar-refractivity contribution in [3.8, 4) is 5.75 Å². The van der Waals surface area contributed by atoms with Crippen molar-refractivity contribution < 1.29 is 9.53 Å². The van der Waals surface area contributed by atoms with Gasteiger partial charge in [-0.15, -0.1) is 0 Å². The summed E-state index contributed by atoms with van der Waals surface area (Å²) >= 11 is 0. The molecule has 1 atom stereocenters. The number of rotatable bonds is 7. The Morgan fingerprint density at radius 3 is 2.75 bits per heavy atom. The van der Waals surface area contributed by atoms with Gasteiger partial charge in [-0.3, -0.25) is 4.79 Å². The fourth-order valence-corrected chi connectivity index (χ4v) is 2.17. The number of nitrogens with two attached hydrogens (primary N) is 1. The first-order valence-corrected chi connectivity index (χ1v) is 7.18. The highest BCUT2D eigenvalue weighted by Crippen LogP contribution is 2.25. The molecule has 1 aromatic carbocycles. The van der Waals surface area contributed by atoms with Crippen LogP contribution in [0.5, 0.6) is 5.75 Å². The van der Waals surface area contributed by atoms with Crippen LogP contribution in [-0.2, 0) is 4.79 Å². The molecule has 0 spiro atoms. The third-order valence-corrected chi connectivity index (χ3v) is 3.85. The van der Waals surface area contributed by atoms with Crippen LogP contribution in [0.4, 0.5) is 0 Å². The molecule has 1 amide bonds. The van der Waals surface area contributed by atoms with Crippen LogP contribution >= 0.6 is 0 Å². The minimum atomic E-state index is -0.682. The zero-order valence-electron chi connectivity index (χ0n) is 12.5. The molecule has 1 aliphatic carbocycles. The quantitative estimate of drug-likeness (QED) is 0.801. The maximum absolute atomic E-state index is 11.7. The number of carbonyl (C=O) groups is 1. The number of primary amides is 1. The second-order valence-corrected chi connectivity index (χ2v) is 5.98. The van der Waals surface area contributed by atoms with Gasteiger partial charge in [-0.25, -0.2) is 0 Å². The van der Waals surface area contributed by atoms with Crippen molar-refractivity contribution in [3.63, 3.8) is 0 Å². The maximum atomic E-state index is 11.7. The number of aryl methyl sites for hydroxylation is 2. The van der Waals surface area contributed by atoms with Gasteiger partial charge in [0.25, 0.3) is 0 Å². The molecule has 4 nitrogen and oxygen atoms in total. The number of nitrogens with one attached hydrogen (secondary N) is 1. The first-order valence-electron chi connectivity index (χ1n) is 7.18. The minimum absolute atomic E-state index is 0.311. The highest BCUT2D eigenvalue weighted by atomic mass is 16.5. The maximum Gasteiger partial charge on any atom is 0.237 e. The van der Waals surface area contributed by atoms with Gasteiger partial charge in [-0.1, -0.05) is 12.1 Å². The van der Waals surface area contributed by atoms with Crippen LogP contribution in [0.15, 0.2) is 18.2 Å². The fraction of sp³-hybridized carbons (Fsp3) is 0.562. The topological polar surface area (TPSA) is 64.3 Å². The van der Waals surface area contributed by atoms with Gasteiger partial charge in [0.1, 0.15) is 5.75 Å². The van der Waals surface area contributed by atoms with Crippen LogP contribution in [-0.4, -0.2) is 24.1 Å². The van der Waals surface area contributed by atoms with E-state index in [1.807, 2.05) is 32.9 Å². The number of hydrogen-bond acceptors (Lipinski definition) is 3. The third-order valence-electron chi connectivity index (χ3n) is 3.85. The number of hydrogen-bond donors (Lipinski definition) is 2. The zero-order valence-corrected chi connectivity index (χ0v) is 12.5. The van der Waals surface area contributed by atoms with Gasteiger partial charge in [0.05, 0.1) is 12.1 Å².